The summed E-state index contributed by atoms with van der Waals surface area (Å²) in [5, 5.41) is 0. The van der Waals surface area contributed by atoms with Crippen molar-refractivity contribution in [2.45, 2.75) is 116 Å². The number of benzene rings is 1. The zero-order chi connectivity index (χ0) is 26.0. The molecule has 1 aliphatic heterocycles. The summed E-state index contributed by atoms with van der Waals surface area (Å²) in [7, 11) is 0. The van der Waals surface area contributed by atoms with Gasteiger partial charge >= 0.3 is 5.97 Å². The molecule has 0 spiro atoms. The topological polar surface area (TPSA) is 46.6 Å². The van der Waals surface area contributed by atoms with Crippen molar-refractivity contribution in [3.05, 3.63) is 35.4 Å². The Hall–Kier alpha value is -1.98. The third kappa shape index (κ3) is 11.8. The molecular formula is C30H47F2NO3. The van der Waals surface area contributed by atoms with Crippen molar-refractivity contribution < 1.29 is 23.1 Å². The van der Waals surface area contributed by atoms with Gasteiger partial charge in [0.1, 0.15) is 11.6 Å². The maximum absolute atomic E-state index is 13.9. The van der Waals surface area contributed by atoms with Crippen LogP contribution in [-0.4, -0.2) is 36.5 Å². The van der Waals surface area contributed by atoms with Gasteiger partial charge in [-0.15, -0.1) is 0 Å². The number of carbonyl (C=O) groups is 2. The lowest BCUT2D eigenvalue weighted by Gasteiger charge is -2.31. The summed E-state index contributed by atoms with van der Waals surface area (Å²) in [6, 6.07) is 2.97. The lowest BCUT2D eigenvalue weighted by atomic mass is 9.96. The molecule has 4 nitrogen and oxygen atoms in total. The first-order valence-electron chi connectivity index (χ1n) is 14.4. The highest BCUT2D eigenvalue weighted by atomic mass is 19.1. The summed E-state index contributed by atoms with van der Waals surface area (Å²) in [5.74, 6) is -2.44. The summed E-state index contributed by atoms with van der Waals surface area (Å²) in [4.78, 5) is 26.4. The average Bonchev–Trinajstić information content (AvgIpc) is 2.88. The minimum Gasteiger partial charge on any atom is -0.465 e. The van der Waals surface area contributed by atoms with Crippen LogP contribution in [0.1, 0.15) is 126 Å². The van der Waals surface area contributed by atoms with E-state index in [0.29, 0.717) is 32.5 Å². The average molecular weight is 508 g/mol. The van der Waals surface area contributed by atoms with Crippen LogP contribution >= 0.6 is 0 Å². The zero-order valence-corrected chi connectivity index (χ0v) is 22.4. The number of ether oxygens (including phenoxy) is 1. The normalized spacial score (nSPS) is 14.2. The first-order chi connectivity index (χ1) is 17.5. The number of halogens is 2. The van der Waals surface area contributed by atoms with Crippen LogP contribution in [0.15, 0.2) is 18.2 Å². The molecule has 6 heteroatoms. The number of rotatable bonds is 18. The Morgan fingerprint density at radius 3 is 1.81 bits per heavy atom. The molecule has 1 aromatic rings. The molecule has 1 amide bonds. The molecule has 2 rings (SSSR count). The molecule has 0 aliphatic carbocycles. The Bertz CT molecular complexity index is 763. The first kappa shape index (κ1) is 30.2. The molecule has 204 valence electrons. The van der Waals surface area contributed by atoms with E-state index in [1.54, 1.807) is 0 Å². The van der Waals surface area contributed by atoms with E-state index >= 15 is 0 Å². The van der Waals surface area contributed by atoms with Gasteiger partial charge in [-0.3, -0.25) is 9.59 Å². The fraction of sp³-hybridized carbons (Fsp3) is 0.733. The maximum atomic E-state index is 13.9. The number of hydrogen-bond acceptors (Lipinski definition) is 3. The fourth-order valence-corrected chi connectivity index (χ4v) is 4.92. The second kappa shape index (κ2) is 18.3. The Balaban J connectivity index is 1.42. The number of esters is 1. The standard InChI is InChI=1S/C30H47F2NO3/c1-2-3-4-5-6-7-8-9-10-11-12-13-14-15-16-23-36-30(35)25-19-21-33(22-20-25)29(34)27-18-17-26(31)24-28(27)32/h17-18,24-25H,2-16,19-23H2,1H3. The minimum atomic E-state index is -0.856. The number of unbranched alkanes of at least 4 members (excludes halogenated alkanes) is 14. The first-order valence-corrected chi connectivity index (χ1v) is 14.4. The van der Waals surface area contributed by atoms with E-state index in [9.17, 15) is 18.4 Å². The number of hydrogen-bond donors (Lipinski definition) is 0. The van der Waals surface area contributed by atoms with Crippen LogP contribution in [0.25, 0.3) is 0 Å². The van der Waals surface area contributed by atoms with Crippen molar-refractivity contribution in [1.29, 1.82) is 0 Å². The number of likely N-dealkylation sites (tertiary alicyclic amines) is 1. The van der Waals surface area contributed by atoms with Crippen molar-refractivity contribution in [2.75, 3.05) is 19.7 Å². The summed E-state index contributed by atoms with van der Waals surface area (Å²) in [5.41, 5.74) is -0.134. The van der Waals surface area contributed by atoms with Crippen molar-refractivity contribution >= 4 is 11.9 Å². The van der Waals surface area contributed by atoms with E-state index in [2.05, 4.69) is 6.92 Å². The van der Waals surface area contributed by atoms with Crippen LogP contribution in [0, 0.1) is 17.6 Å². The van der Waals surface area contributed by atoms with Gasteiger partial charge in [0.2, 0.25) is 0 Å². The Morgan fingerprint density at radius 2 is 1.31 bits per heavy atom. The van der Waals surface area contributed by atoms with Crippen LogP contribution in [0.2, 0.25) is 0 Å². The SMILES string of the molecule is CCCCCCCCCCCCCCCCCOC(=O)C1CCN(C(=O)c2ccc(F)cc2F)CC1. The predicted molar refractivity (Wildman–Crippen MR) is 141 cm³/mol. The summed E-state index contributed by atoms with van der Waals surface area (Å²) >= 11 is 0. The van der Waals surface area contributed by atoms with Crippen LogP contribution in [0.3, 0.4) is 0 Å². The van der Waals surface area contributed by atoms with Gasteiger partial charge in [0.15, 0.2) is 0 Å². The summed E-state index contributed by atoms with van der Waals surface area (Å²) < 4.78 is 32.4. The molecule has 0 unspecified atom stereocenters. The fourth-order valence-electron chi connectivity index (χ4n) is 4.92. The lowest BCUT2D eigenvalue weighted by molar-refractivity contribution is -0.150. The van der Waals surface area contributed by atoms with Crippen molar-refractivity contribution in [2.24, 2.45) is 5.92 Å². The monoisotopic (exact) mass is 507 g/mol. The van der Waals surface area contributed by atoms with E-state index in [1.807, 2.05) is 0 Å². The van der Waals surface area contributed by atoms with Gasteiger partial charge in [0.05, 0.1) is 18.1 Å². The van der Waals surface area contributed by atoms with Crippen LogP contribution in [-0.2, 0) is 9.53 Å². The van der Waals surface area contributed by atoms with E-state index in [1.165, 1.54) is 94.4 Å². The second-order valence-electron chi connectivity index (χ2n) is 10.3. The Labute approximate surface area is 217 Å². The minimum absolute atomic E-state index is 0.134. The number of amides is 1. The van der Waals surface area contributed by atoms with Crippen molar-refractivity contribution in [3.8, 4) is 0 Å². The van der Waals surface area contributed by atoms with Crippen LogP contribution in [0.5, 0.6) is 0 Å². The third-order valence-electron chi connectivity index (χ3n) is 7.27. The molecule has 0 bridgehead atoms. The zero-order valence-electron chi connectivity index (χ0n) is 22.4. The van der Waals surface area contributed by atoms with Gasteiger partial charge < -0.3 is 9.64 Å². The Kier molecular flexibility index (Phi) is 15.4. The quantitative estimate of drug-likeness (QED) is 0.148. The molecule has 0 N–H and O–H groups in total. The van der Waals surface area contributed by atoms with Gasteiger partial charge in [-0.1, -0.05) is 96.8 Å². The molecular weight excluding hydrogens is 460 g/mol. The summed E-state index contributed by atoms with van der Waals surface area (Å²) in [6.07, 6.45) is 20.5. The number of nitrogens with zero attached hydrogens (tertiary/aromatic N) is 1. The van der Waals surface area contributed by atoms with Crippen LogP contribution in [0.4, 0.5) is 8.78 Å². The molecule has 36 heavy (non-hydrogen) atoms. The highest BCUT2D eigenvalue weighted by Crippen LogP contribution is 2.22. The van der Waals surface area contributed by atoms with Gasteiger partial charge in [-0.2, -0.15) is 0 Å². The smallest absolute Gasteiger partial charge is 0.309 e. The Morgan fingerprint density at radius 1 is 0.806 bits per heavy atom. The molecule has 1 saturated heterocycles. The van der Waals surface area contributed by atoms with Crippen LogP contribution < -0.4 is 0 Å². The van der Waals surface area contributed by atoms with Gasteiger partial charge in [-0.05, 0) is 31.4 Å². The highest BCUT2D eigenvalue weighted by molar-refractivity contribution is 5.94. The van der Waals surface area contributed by atoms with E-state index < -0.39 is 17.5 Å². The van der Waals surface area contributed by atoms with Gasteiger partial charge in [-0.25, -0.2) is 8.78 Å². The van der Waals surface area contributed by atoms with Gasteiger partial charge in [0, 0.05) is 19.2 Å². The molecule has 0 saturated carbocycles. The molecule has 1 heterocycles. The number of carbonyl (C=O) groups excluding carboxylic acids is 2. The van der Waals surface area contributed by atoms with E-state index in [0.717, 1.165) is 25.0 Å². The van der Waals surface area contributed by atoms with Crippen molar-refractivity contribution in [3.63, 3.8) is 0 Å². The molecule has 0 atom stereocenters. The predicted octanol–water partition coefficient (Wildman–Crippen LogP) is 8.23. The molecule has 1 fully saturated rings. The lowest BCUT2D eigenvalue weighted by Crippen LogP contribution is -2.41. The molecule has 0 radical (unpaired) electrons. The molecule has 0 aromatic heterocycles. The van der Waals surface area contributed by atoms with E-state index in [-0.39, 0.29) is 17.5 Å². The molecule has 1 aromatic carbocycles. The number of piperidine rings is 1. The summed E-state index contributed by atoms with van der Waals surface area (Å²) in [6.45, 7) is 3.46. The molecule has 1 aliphatic rings. The van der Waals surface area contributed by atoms with E-state index in [4.69, 9.17) is 4.74 Å². The third-order valence-corrected chi connectivity index (χ3v) is 7.27. The maximum Gasteiger partial charge on any atom is 0.309 e. The second-order valence-corrected chi connectivity index (χ2v) is 10.3. The highest BCUT2D eigenvalue weighted by Gasteiger charge is 2.29. The van der Waals surface area contributed by atoms with Crippen molar-refractivity contribution in [1.82, 2.24) is 4.90 Å². The van der Waals surface area contributed by atoms with Gasteiger partial charge in [0.25, 0.3) is 5.91 Å². The largest absolute Gasteiger partial charge is 0.465 e.